The number of hydrogen-bond donors (Lipinski definition) is 2. The number of rotatable bonds is 7. The van der Waals surface area contributed by atoms with Gasteiger partial charge in [0.2, 0.25) is 5.91 Å². The van der Waals surface area contributed by atoms with Crippen molar-refractivity contribution in [2.75, 3.05) is 24.2 Å². The summed E-state index contributed by atoms with van der Waals surface area (Å²) in [6, 6.07) is 18.1. The minimum Gasteiger partial charge on any atom is -0.331 e. The molecule has 0 spiro atoms. The van der Waals surface area contributed by atoms with Crippen molar-refractivity contribution in [3.63, 3.8) is 0 Å². The highest BCUT2D eigenvalue weighted by molar-refractivity contribution is 7.99. The molecule has 4 rings (SSSR count). The van der Waals surface area contributed by atoms with Crippen LogP contribution in [0.15, 0.2) is 66.1 Å². The Bertz CT molecular complexity index is 904. The van der Waals surface area contributed by atoms with Gasteiger partial charge in [0.05, 0.1) is 18.8 Å². The van der Waals surface area contributed by atoms with Gasteiger partial charge in [0.1, 0.15) is 12.9 Å². The van der Waals surface area contributed by atoms with Gasteiger partial charge in [0.25, 0.3) is 0 Å². The van der Waals surface area contributed by atoms with Gasteiger partial charge in [-0.3, -0.25) is 9.36 Å². The first kappa shape index (κ1) is 18.7. The fourth-order valence-corrected chi connectivity index (χ4v) is 4.19. The van der Waals surface area contributed by atoms with Gasteiger partial charge in [-0.1, -0.05) is 42.1 Å². The Morgan fingerprint density at radius 2 is 1.82 bits per heavy atom. The second-order valence-electron chi connectivity index (χ2n) is 6.99. The Morgan fingerprint density at radius 3 is 2.57 bits per heavy atom. The molecule has 1 aromatic heterocycles. The van der Waals surface area contributed by atoms with Crippen LogP contribution in [0.3, 0.4) is 0 Å². The molecule has 1 fully saturated rings. The minimum absolute atomic E-state index is 0.0504. The lowest BCUT2D eigenvalue weighted by atomic mass is 10.2. The van der Waals surface area contributed by atoms with E-state index in [1.807, 2.05) is 47.0 Å². The molecule has 2 aromatic carbocycles. The van der Waals surface area contributed by atoms with Gasteiger partial charge in [0.15, 0.2) is 5.16 Å². The van der Waals surface area contributed by atoms with Crippen molar-refractivity contribution in [3.05, 3.63) is 66.5 Å². The average molecular weight is 395 g/mol. The van der Waals surface area contributed by atoms with E-state index in [2.05, 4.69) is 27.6 Å². The number of likely N-dealkylation sites (tertiary alicyclic amines) is 1. The largest absolute Gasteiger partial charge is 0.331 e. The summed E-state index contributed by atoms with van der Waals surface area (Å²) in [6.45, 7) is 3.60. The number of aromatic nitrogens is 3. The third-order valence-electron chi connectivity index (χ3n) is 4.89. The maximum atomic E-state index is 12.3. The summed E-state index contributed by atoms with van der Waals surface area (Å²) in [6.07, 6.45) is 4.33. The molecule has 0 saturated carbocycles. The normalized spacial score (nSPS) is 14.3. The molecule has 28 heavy (non-hydrogen) atoms. The van der Waals surface area contributed by atoms with Crippen molar-refractivity contribution in [3.8, 4) is 5.69 Å². The number of carbonyl (C=O) groups excluding carboxylic acids is 1. The van der Waals surface area contributed by atoms with Crippen LogP contribution in [-0.2, 0) is 11.3 Å². The zero-order valence-electron chi connectivity index (χ0n) is 15.7. The van der Waals surface area contributed by atoms with Gasteiger partial charge in [-0.15, -0.1) is 10.2 Å². The number of nitrogens with zero attached hydrogens (tertiary/aromatic N) is 3. The number of anilines is 1. The Balaban J connectivity index is 1.30. The first-order valence-electron chi connectivity index (χ1n) is 9.58. The first-order chi connectivity index (χ1) is 13.8. The Hall–Kier alpha value is -2.64. The Labute approximate surface area is 169 Å². The van der Waals surface area contributed by atoms with Gasteiger partial charge in [0, 0.05) is 29.8 Å². The van der Waals surface area contributed by atoms with Crippen LogP contribution in [0.4, 0.5) is 5.69 Å². The molecule has 144 valence electrons. The van der Waals surface area contributed by atoms with Gasteiger partial charge >= 0.3 is 0 Å². The summed E-state index contributed by atoms with van der Waals surface area (Å²) in [4.78, 5) is 14.0. The van der Waals surface area contributed by atoms with Crippen molar-refractivity contribution in [2.24, 2.45) is 0 Å². The average Bonchev–Trinajstić information content (AvgIpc) is 3.40. The highest BCUT2D eigenvalue weighted by Gasteiger charge is 2.15. The monoisotopic (exact) mass is 394 g/mol. The smallest absolute Gasteiger partial charge is 0.234 e. The topological polar surface area (TPSA) is 64.2 Å². The summed E-state index contributed by atoms with van der Waals surface area (Å²) in [5.74, 6) is 0.233. The predicted octanol–water partition coefficient (Wildman–Crippen LogP) is 2.18. The summed E-state index contributed by atoms with van der Waals surface area (Å²) in [5.41, 5.74) is 3.13. The van der Waals surface area contributed by atoms with E-state index in [1.165, 1.54) is 43.3 Å². The lowest BCUT2D eigenvalue weighted by molar-refractivity contribution is -0.901. The summed E-state index contributed by atoms with van der Waals surface area (Å²) in [7, 11) is 0. The maximum Gasteiger partial charge on any atom is 0.234 e. The molecule has 2 N–H and O–H groups in total. The molecule has 0 atom stereocenters. The quantitative estimate of drug-likeness (QED) is 0.603. The van der Waals surface area contributed by atoms with Crippen molar-refractivity contribution < 1.29 is 9.69 Å². The van der Waals surface area contributed by atoms with Crippen LogP contribution in [0.2, 0.25) is 0 Å². The minimum atomic E-state index is -0.0504. The first-order valence-corrected chi connectivity index (χ1v) is 10.6. The summed E-state index contributed by atoms with van der Waals surface area (Å²) >= 11 is 1.37. The number of quaternary nitrogens is 1. The van der Waals surface area contributed by atoms with E-state index in [0.717, 1.165) is 17.9 Å². The number of carbonyl (C=O) groups is 1. The Kier molecular flexibility index (Phi) is 6.04. The van der Waals surface area contributed by atoms with E-state index in [9.17, 15) is 4.79 Å². The van der Waals surface area contributed by atoms with Crippen molar-refractivity contribution in [2.45, 2.75) is 24.5 Å². The molecule has 0 aliphatic carbocycles. The van der Waals surface area contributed by atoms with E-state index in [0.29, 0.717) is 5.16 Å². The molecule has 0 radical (unpaired) electrons. The Morgan fingerprint density at radius 1 is 1.07 bits per heavy atom. The van der Waals surface area contributed by atoms with Crippen LogP contribution < -0.4 is 10.2 Å². The number of hydrogen-bond acceptors (Lipinski definition) is 4. The van der Waals surface area contributed by atoms with Gasteiger partial charge in [-0.25, -0.2) is 0 Å². The van der Waals surface area contributed by atoms with Gasteiger partial charge in [-0.2, -0.15) is 0 Å². The second kappa shape index (κ2) is 9.03. The lowest BCUT2D eigenvalue weighted by Gasteiger charge is -2.12. The van der Waals surface area contributed by atoms with Crippen LogP contribution in [0.25, 0.3) is 5.69 Å². The van der Waals surface area contributed by atoms with Crippen LogP contribution in [0.5, 0.6) is 0 Å². The molecule has 1 amide bonds. The van der Waals surface area contributed by atoms with E-state index in [4.69, 9.17) is 0 Å². The van der Waals surface area contributed by atoms with E-state index in [-0.39, 0.29) is 11.7 Å². The number of thioether (sulfide) groups is 1. The molecular weight excluding hydrogens is 370 g/mol. The van der Waals surface area contributed by atoms with Crippen LogP contribution in [0, 0.1) is 0 Å². The summed E-state index contributed by atoms with van der Waals surface area (Å²) in [5, 5.41) is 11.8. The van der Waals surface area contributed by atoms with Gasteiger partial charge < -0.3 is 10.2 Å². The molecule has 0 unspecified atom stereocenters. The molecule has 1 aliphatic heterocycles. The standard InChI is InChI=1S/C21H23N5OS/c27-20(15-28-21-24-22-16-26(21)19-6-2-1-3-7-19)23-18-10-8-17(9-11-18)14-25-12-4-5-13-25/h1-3,6-11,16H,4-5,12-15H2,(H,23,27)/p+1. The third-order valence-corrected chi connectivity index (χ3v) is 5.83. The lowest BCUT2D eigenvalue weighted by Crippen LogP contribution is -3.08. The second-order valence-corrected chi connectivity index (χ2v) is 7.93. The van der Waals surface area contributed by atoms with E-state index < -0.39 is 0 Å². The zero-order chi connectivity index (χ0) is 19.2. The number of nitrogens with one attached hydrogen (secondary N) is 2. The zero-order valence-corrected chi connectivity index (χ0v) is 16.5. The fraction of sp³-hybridized carbons (Fsp3) is 0.286. The molecule has 2 heterocycles. The molecule has 6 nitrogen and oxygen atoms in total. The highest BCUT2D eigenvalue weighted by Crippen LogP contribution is 2.19. The van der Waals surface area contributed by atoms with E-state index in [1.54, 1.807) is 11.2 Å². The summed E-state index contributed by atoms with van der Waals surface area (Å²) < 4.78 is 1.88. The van der Waals surface area contributed by atoms with Crippen molar-refractivity contribution >= 4 is 23.4 Å². The maximum absolute atomic E-state index is 12.3. The SMILES string of the molecule is O=C(CSc1nncn1-c1ccccc1)Nc1ccc(C[NH+]2CCCC2)cc1. The number of benzene rings is 2. The fourth-order valence-electron chi connectivity index (χ4n) is 3.46. The molecule has 0 bridgehead atoms. The van der Waals surface area contributed by atoms with Crippen molar-refractivity contribution in [1.82, 2.24) is 14.8 Å². The van der Waals surface area contributed by atoms with Gasteiger partial charge in [-0.05, 0) is 24.3 Å². The molecule has 1 aliphatic rings. The third kappa shape index (κ3) is 4.79. The highest BCUT2D eigenvalue weighted by atomic mass is 32.2. The van der Waals surface area contributed by atoms with Crippen molar-refractivity contribution in [1.29, 1.82) is 0 Å². The van der Waals surface area contributed by atoms with Crippen LogP contribution in [0.1, 0.15) is 18.4 Å². The predicted molar refractivity (Wildman–Crippen MR) is 111 cm³/mol. The number of para-hydroxylation sites is 1. The molecule has 3 aromatic rings. The van der Waals surface area contributed by atoms with E-state index >= 15 is 0 Å². The number of amides is 1. The van der Waals surface area contributed by atoms with Crippen LogP contribution in [-0.4, -0.2) is 39.5 Å². The molecule has 7 heteroatoms. The van der Waals surface area contributed by atoms with Crippen LogP contribution >= 0.6 is 11.8 Å². The molecule has 1 saturated heterocycles. The molecular formula is C21H24N5OS+.